The number of imidazole rings is 1. The van der Waals surface area contributed by atoms with Gasteiger partial charge >= 0.3 is 0 Å². The number of benzene rings is 1. The summed E-state index contributed by atoms with van der Waals surface area (Å²) in [5, 5.41) is 3.08. The second-order valence-corrected chi connectivity index (χ2v) is 7.13. The maximum absolute atomic E-state index is 12.5. The van der Waals surface area contributed by atoms with Crippen molar-refractivity contribution in [3.8, 4) is 5.75 Å². The fourth-order valence-corrected chi connectivity index (χ4v) is 3.42. The van der Waals surface area contributed by atoms with Crippen LogP contribution in [0.3, 0.4) is 0 Å². The number of fused-ring (bicyclic) bond motifs is 1. The number of ether oxygens (including phenoxy) is 1. The summed E-state index contributed by atoms with van der Waals surface area (Å²) in [6, 6.07) is 14.0. The first kappa shape index (κ1) is 19.9. The Labute approximate surface area is 166 Å². The van der Waals surface area contributed by atoms with Crippen molar-refractivity contribution in [2.24, 2.45) is 0 Å². The van der Waals surface area contributed by atoms with Gasteiger partial charge in [-0.2, -0.15) is 0 Å². The number of rotatable bonds is 8. The minimum absolute atomic E-state index is 0.0469. The second kappa shape index (κ2) is 8.89. The van der Waals surface area contributed by atoms with E-state index in [9.17, 15) is 4.79 Å². The minimum atomic E-state index is 0.0469. The van der Waals surface area contributed by atoms with Crippen LogP contribution >= 0.6 is 0 Å². The molecule has 1 unspecified atom stereocenters. The van der Waals surface area contributed by atoms with Gasteiger partial charge in [0.05, 0.1) is 18.8 Å². The number of hydrogen-bond donors (Lipinski definition) is 1. The van der Waals surface area contributed by atoms with E-state index in [0.717, 1.165) is 28.3 Å². The van der Waals surface area contributed by atoms with Crippen LogP contribution in [0.2, 0.25) is 0 Å². The van der Waals surface area contributed by atoms with E-state index in [4.69, 9.17) is 4.74 Å². The van der Waals surface area contributed by atoms with Crippen molar-refractivity contribution in [1.29, 1.82) is 0 Å². The number of aryl methyl sites for hydroxylation is 2. The average molecular weight is 380 g/mol. The van der Waals surface area contributed by atoms with Gasteiger partial charge in [0.25, 0.3) is 0 Å². The molecular weight excluding hydrogens is 352 g/mol. The van der Waals surface area contributed by atoms with Gasteiger partial charge in [-0.25, -0.2) is 4.98 Å². The summed E-state index contributed by atoms with van der Waals surface area (Å²) in [4.78, 5) is 19.1. The number of likely N-dealkylation sites (N-methyl/N-ethyl adjacent to an activating group) is 1. The molecule has 0 fully saturated rings. The normalized spacial score (nSPS) is 12.3. The first-order chi connectivity index (χ1) is 13.5. The quantitative estimate of drug-likeness (QED) is 0.653. The largest absolute Gasteiger partial charge is 0.497 e. The molecule has 0 spiro atoms. The summed E-state index contributed by atoms with van der Waals surface area (Å²) in [7, 11) is 5.69. The zero-order valence-corrected chi connectivity index (χ0v) is 17.0. The van der Waals surface area contributed by atoms with E-state index in [0.29, 0.717) is 19.4 Å². The third-order valence-corrected chi connectivity index (χ3v) is 5.03. The Kier molecular flexibility index (Phi) is 6.31. The van der Waals surface area contributed by atoms with Crippen molar-refractivity contribution < 1.29 is 9.53 Å². The average Bonchev–Trinajstić information content (AvgIpc) is 3.01. The Hall–Kier alpha value is -2.86. The molecular formula is C22H28N4O2. The third kappa shape index (κ3) is 4.51. The molecule has 2 aromatic heterocycles. The molecule has 0 bridgehead atoms. The molecule has 3 aromatic rings. The van der Waals surface area contributed by atoms with Gasteiger partial charge in [-0.1, -0.05) is 18.2 Å². The van der Waals surface area contributed by atoms with E-state index < -0.39 is 0 Å². The van der Waals surface area contributed by atoms with Crippen LogP contribution in [0.15, 0.2) is 48.7 Å². The van der Waals surface area contributed by atoms with E-state index in [2.05, 4.69) is 19.6 Å². The van der Waals surface area contributed by atoms with Crippen molar-refractivity contribution >= 4 is 11.6 Å². The second-order valence-electron chi connectivity index (χ2n) is 7.13. The molecule has 148 valence electrons. The predicted octanol–water partition coefficient (Wildman–Crippen LogP) is 3.00. The van der Waals surface area contributed by atoms with Crippen molar-refractivity contribution in [3.05, 3.63) is 65.6 Å². The van der Waals surface area contributed by atoms with Gasteiger partial charge in [-0.15, -0.1) is 0 Å². The van der Waals surface area contributed by atoms with Gasteiger partial charge in [0.2, 0.25) is 5.91 Å². The smallest absolute Gasteiger partial charge is 0.220 e. The standard InChI is InChI=1S/C22H28N4O2/c1-16-19(26-14-6-5-7-21(26)24-16)12-13-22(27)23-15-20(25(2)3)17-8-10-18(28-4)11-9-17/h5-11,14,20H,12-13,15H2,1-4H3,(H,23,27). The van der Waals surface area contributed by atoms with Crippen molar-refractivity contribution in [2.75, 3.05) is 27.7 Å². The summed E-state index contributed by atoms with van der Waals surface area (Å²) in [6.45, 7) is 2.55. The molecule has 1 aromatic carbocycles. The predicted molar refractivity (Wildman–Crippen MR) is 111 cm³/mol. The van der Waals surface area contributed by atoms with Gasteiger partial charge in [-0.05, 0) is 57.3 Å². The SMILES string of the molecule is COc1ccc(C(CNC(=O)CCc2c(C)nc3ccccn23)N(C)C)cc1. The first-order valence-corrected chi connectivity index (χ1v) is 9.49. The van der Waals surface area contributed by atoms with Crippen molar-refractivity contribution in [1.82, 2.24) is 19.6 Å². The molecule has 3 rings (SSSR count). The summed E-state index contributed by atoms with van der Waals surface area (Å²) in [6.07, 6.45) is 3.10. The van der Waals surface area contributed by atoms with Crippen LogP contribution < -0.4 is 10.1 Å². The molecule has 6 nitrogen and oxygen atoms in total. The highest BCUT2D eigenvalue weighted by Gasteiger charge is 2.16. The van der Waals surface area contributed by atoms with Crippen LogP contribution in [-0.4, -0.2) is 47.9 Å². The van der Waals surface area contributed by atoms with E-state index >= 15 is 0 Å². The molecule has 0 aliphatic carbocycles. The Balaban J connectivity index is 1.59. The van der Waals surface area contributed by atoms with Gasteiger partial charge in [0.15, 0.2) is 0 Å². The topological polar surface area (TPSA) is 58.9 Å². The first-order valence-electron chi connectivity index (χ1n) is 9.49. The third-order valence-electron chi connectivity index (χ3n) is 5.03. The Morgan fingerprint density at radius 2 is 1.96 bits per heavy atom. The van der Waals surface area contributed by atoms with Crippen LogP contribution in [0.1, 0.15) is 29.4 Å². The lowest BCUT2D eigenvalue weighted by Gasteiger charge is -2.25. The molecule has 0 saturated carbocycles. The van der Waals surface area contributed by atoms with Crippen LogP contribution in [-0.2, 0) is 11.2 Å². The zero-order chi connectivity index (χ0) is 20.1. The molecule has 0 aliphatic rings. The Morgan fingerprint density at radius 3 is 2.64 bits per heavy atom. The molecule has 1 atom stereocenters. The molecule has 2 heterocycles. The number of carbonyl (C=O) groups excluding carboxylic acids is 1. The van der Waals surface area contributed by atoms with Crippen LogP contribution in [0, 0.1) is 6.92 Å². The number of methoxy groups -OCH3 is 1. The van der Waals surface area contributed by atoms with Crippen LogP contribution in [0.5, 0.6) is 5.75 Å². The number of hydrogen-bond acceptors (Lipinski definition) is 4. The highest BCUT2D eigenvalue weighted by atomic mass is 16.5. The molecule has 0 radical (unpaired) electrons. The number of nitrogens with zero attached hydrogens (tertiary/aromatic N) is 3. The maximum Gasteiger partial charge on any atom is 0.220 e. The van der Waals surface area contributed by atoms with Gasteiger partial charge in [0, 0.05) is 24.9 Å². The fraction of sp³-hybridized carbons (Fsp3) is 0.364. The molecule has 28 heavy (non-hydrogen) atoms. The number of pyridine rings is 1. The lowest BCUT2D eigenvalue weighted by molar-refractivity contribution is -0.121. The maximum atomic E-state index is 12.5. The molecule has 0 aliphatic heterocycles. The summed E-state index contributed by atoms with van der Waals surface area (Å²) < 4.78 is 7.28. The molecule has 6 heteroatoms. The van der Waals surface area contributed by atoms with Gasteiger partial charge in [0.1, 0.15) is 11.4 Å². The molecule has 1 amide bonds. The van der Waals surface area contributed by atoms with Crippen molar-refractivity contribution in [3.63, 3.8) is 0 Å². The molecule has 1 N–H and O–H groups in total. The summed E-state index contributed by atoms with van der Waals surface area (Å²) in [5.41, 5.74) is 4.12. The van der Waals surface area contributed by atoms with E-state index in [-0.39, 0.29) is 11.9 Å². The van der Waals surface area contributed by atoms with E-state index in [1.165, 1.54) is 0 Å². The monoisotopic (exact) mass is 380 g/mol. The fourth-order valence-electron chi connectivity index (χ4n) is 3.42. The zero-order valence-electron chi connectivity index (χ0n) is 17.0. The minimum Gasteiger partial charge on any atom is -0.497 e. The Bertz CT molecular complexity index is 931. The highest BCUT2D eigenvalue weighted by molar-refractivity contribution is 5.76. The summed E-state index contributed by atoms with van der Waals surface area (Å²) >= 11 is 0. The van der Waals surface area contributed by atoms with Crippen LogP contribution in [0.4, 0.5) is 0 Å². The van der Waals surface area contributed by atoms with Gasteiger partial charge in [-0.3, -0.25) is 4.79 Å². The summed E-state index contributed by atoms with van der Waals surface area (Å²) in [5.74, 6) is 0.874. The molecule has 0 saturated heterocycles. The lowest BCUT2D eigenvalue weighted by atomic mass is 10.1. The Morgan fingerprint density at radius 1 is 1.21 bits per heavy atom. The highest BCUT2D eigenvalue weighted by Crippen LogP contribution is 2.21. The van der Waals surface area contributed by atoms with Crippen LogP contribution in [0.25, 0.3) is 5.65 Å². The van der Waals surface area contributed by atoms with Gasteiger partial charge < -0.3 is 19.4 Å². The number of nitrogens with one attached hydrogen (secondary N) is 1. The number of aromatic nitrogens is 2. The number of amides is 1. The van der Waals surface area contributed by atoms with E-state index in [1.54, 1.807) is 7.11 Å². The van der Waals surface area contributed by atoms with E-state index in [1.807, 2.05) is 69.7 Å². The van der Waals surface area contributed by atoms with Crippen molar-refractivity contribution in [2.45, 2.75) is 25.8 Å². The number of carbonyl (C=O) groups is 1. The lowest BCUT2D eigenvalue weighted by Crippen LogP contribution is -2.34.